The summed E-state index contributed by atoms with van der Waals surface area (Å²) in [5, 5.41) is 11.4. The van der Waals surface area contributed by atoms with Gasteiger partial charge in [0.1, 0.15) is 5.69 Å². The molecule has 0 fully saturated rings. The number of rotatable bonds is 6. The minimum absolute atomic E-state index is 0.281. The molecule has 0 saturated carbocycles. The van der Waals surface area contributed by atoms with Crippen LogP contribution in [0.1, 0.15) is 16.1 Å². The van der Waals surface area contributed by atoms with Crippen molar-refractivity contribution in [3.05, 3.63) is 64.8 Å². The number of amides is 1. The Morgan fingerprint density at radius 2 is 1.96 bits per heavy atom. The molecule has 0 aliphatic heterocycles. The van der Waals surface area contributed by atoms with Gasteiger partial charge in [0.05, 0.1) is 26.1 Å². The highest BCUT2D eigenvalue weighted by molar-refractivity contribution is 6.30. The molecule has 3 aromatic rings. The predicted molar refractivity (Wildman–Crippen MR) is 104 cm³/mol. The molecule has 138 valence electrons. The summed E-state index contributed by atoms with van der Waals surface area (Å²) < 4.78 is 10.5. The third-order valence-electron chi connectivity index (χ3n) is 3.73. The highest BCUT2D eigenvalue weighted by Gasteiger charge is 2.12. The van der Waals surface area contributed by atoms with Crippen LogP contribution >= 0.6 is 11.6 Å². The fourth-order valence-electron chi connectivity index (χ4n) is 2.39. The van der Waals surface area contributed by atoms with Crippen molar-refractivity contribution in [2.45, 2.75) is 0 Å². The van der Waals surface area contributed by atoms with Gasteiger partial charge in [0.15, 0.2) is 11.5 Å². The van der Waals surface area contributed by atoms with Gasteiger partial charge in [0.2, 0.25) is 0 Å². The van der Waals surface area contributed by atoms with E-state index in [1.807, 2.05) is 12.1 Å². The van der Waals surface area contributed by atoms with Crippen molar-refractivity contribution in [1.82, 2.24) is 15.6 Å². The van der Waals surface area contributed by atoms with Gasteiger partial charge >= 0.3 is 0 Å². The second-order valence-corrected chi connectivity index (χ2v) is 5.93. The number of aromatic nitrogens is 2. The van der Waals surface area contributed by atoms with E-state index < -0.39 is 5.91 Å². The number of nitrogens with one attached hydrogen (secondary N) is 2. The summed E-state index contributed by atoms with van der Waals surface area (Å²) in [7, 11) is 3.13. The van der Waals surface area contributed by atoms with Crippen molar-refractivity contribution in [2.75, 3.05) is 14.2 Å². The predicted octanol–water partition coefficient (Wildman–Crippen LogP) is 3.51. The number of hydrazone groups is 1. The summed E-state index contributed by atoms with van der Waals surface area (Å²) in [6.07, 6.45) is 1.51. The Labute approximate surface area is 161 Å². The van der Waals surface area contributed by atoms with Crippen molar-refractivity contribution in [3.8, 4) is 22.8 Å². The SMILES string of the molecule is COc1ccc(-c2cc(C(=O)NN=Cc3cccc(Cl)c3)[nH]n2)cc1OC. The minimum atomic E-state index is -0.410. The smallest absolute Gasteiger partial charge is 0.289 e. The van der Waals surface area contributed by atoms with Crippen molar-refractivity contribution in [3.63, 3.8) is 0 Å². The molecule has 2 aromatic carbocycles. The Kier molecular flexibility index (Phi) is 5.73. The first kappa shape index (κ1) is 18.5. The van der Waals surface area contributed by atoms with Gasteiger partial charge in [-0.25, -0.2) is 5.43 Å². The van der Waals surface area contributed by atoms with E-state index in [4.69, 9.17) is 21.1 Å². The quantitative estimate of drug-likeness (QED) is 0.502. The number of aromatic amines is 1. The van der Waals surface area contributed by atoms with Crippen LogP contribution in [-0.4, -0.2) is 36.5 Å². The zero-order chi connectivity index (χ0) is 19.2. The number of carbonyl (C=O) groups is 1. The summed E-state index contributed by atoms with van der Waals surface area (Å²) in [5.41, 5.74) is 4.88. The molecule has 1 aromatic heterocycles. The zero-order valence-corrected chi connectivity index (χ0v) is 15.4. The van der Waals surface area contributed by atoms with E-state index >= 15 is 0 Å². The standard InChI is InChI=1S/C19H17ClN4O3/c1-26-17-7-6-13(9-18(17)27-2)15-10-16(23-22-15)19(25)24-21-11-12-4-3-5-14(20)8-12/h3-11H,1-2H3,(H,22,23)(H,24,25). The van der Waals surface area contributed by atoms with Crippen LogP contribution in [0, 0.1) is 0 Å². The summed E-state index contributed by atoms with van der Waals surface area (Å²) in [5.74, 6) is 0.785. The van der Waals surface area contributed by atoms with Gasteiger partial charge in [-0.15, -0.1) is 0 Å². The molecule has 0 unspecified atom stereocenters. The third-order valence-corrected chi connectivity index (χ3v) is 3.97. The molecular weight excluding hydrogens is 368 g/mol. The van der Waals surface area contributed by atoms with E-state index in [9.17, 15) is 4.79 Å². The van der Waals surface area contributed by atoms with Crippen LogP contribution in [0.4, 0.5) is 0 Å². The summed E-state index contributed by atoms with van der Waals surface area (Å²) in [6, 6.07) is 14.1. The number of carbonyl (C=O) groups excluding carboxylic acids is 1. The van der Waals surface area contributed by atoms with Gasteiger partial charge in [-0.3, -0.25) is 9.89 Å². The first-order valence-corrected chi connectivity index (χ1v) is 8.35. The Bertz CT molecular complexity index is 985. The van der Waals surface area contributed by atoms with E-state index in [1.165, 1.54) is 6.21 Å². The number of ether oxygens (including phenoxy) is 2. The lowest BCUT2D eigenvalue weighted by molar-refractivity contribution is 0.0950. The monoisotopic (exact) mass is 384 g/mol. The molecule has 27 heavy (non-hydrogen) atoms. The molecule has 0 saturated heterocycles. The molecule has 3 rings (SSSR count). The average molecular weight is 385 g/mol. The molecule has 0 aliphatic carbocycles. The van der Waals surface area contributed by atoms with Crippen molar-refractivity contribution >= 4 is 23.7 Å². The topological polar surface area (TPSA) is 88.6 Å². The molecule has 0 atom stereocenters. The Balaban J connectivity index is 1.70. The number of hydrogen-bond donors (Lipinski definition) is 2. The van der Waals surface area contributed by atoms with Gasteiger partial charge in [-0.2, -0.15) is 10.2 Å². The van der Waals surface area contributed by atoms with Crippen molar-refractivity contribution in [2.24, 2.45) is 5.10 Å². The average Bonchev–Trinajstić information content (AvgIpc) is 3.17. The maximum atomic E-state index is 12.2. The molecule has 0 spiro atoms. The molecule has 0 radical (unpaired) electrons. The lowest BCUT2D eigenvalue weighted by Gasteiger charge is -2.08. The Morgan fingerprint density at radius 1 is 1.15 bits per heavy atom. The van der Waals surface area contributed by atoms with Gasteiger partial charge in [0, 0.05) is 10.6 Å². The van der Waals surface area contributed by atoms with E-state index in [0.717, 1.165) is 11.1 Å². The summed E-state index contributed by atoms with van der Waals surface area (Å²) in [6.45, 7) is 0. The van der Waals surface area contributed by atoms with E-state index in [-0.39, 0.29) is 5.69 Å². The number of nitrogens with zero attached hydrogens (tertiary/aromatic N) is 2. The number of halogens is 1. The normalized spacial score (nSPS) is 10.8. The van der Waals surface area contributed by atoms with Crippen LogP contribution in [0.15, 0.2) is 53.6 Å². The van der Waals surface area contributed by atoms with Crippen molar-refractivity contribution < 1.29 is 14.3 Å². The molecule has 8 heteroatoms. The zero-order valence-electron chi connectivity index (χ0n) is 14.7. The largest absolute Gasteiger partial charge is 0.493 e. The van der Waals surface area contributed by atoms with Crippen LogP contribution in [0.2, 0.25) is 5.02 Å². The van der Waals surface area contributed by atoms with Crippen molar-refractivity contribution in [1.29, 1.82) is 0 Å². The maximum absolute atomic E-state index is 12.2. The van der Waals surface area contributed by atoms with E-state index in [2.05, 4.69) is 20.7 Å². The molecule has 0 aliphatic rings. The maximum Gasteiger partial charge on any atom is 0.289 e. The number of methoxy groups -OCH3 is 2. The summed E-state index contributed by atoms with van der Waals surface area (Å²) >= 11 is 5.90. The second-order valence-electron chi connectivity index (χ2n) is 5.49. The van der Waals surface area contributed by atoms with Crippen LogP contribution in [-0.2, 0) is 0 Å². The van der Waals surface area contributed by atoms with Crippen LogP contribution in [0.5, 0.6) is 11.5 Å². The molecule has 1 heterocycles. The molecule has 2 N–H and O–H groups in total. The highest BCUT2D eigenvalue weighted by atomic mass is 35.5. The van der Waals surface area contributed by atoms with Gasteiger partial charge < -0.3 is 9.47 Å². The Morgan fingerprint density at radius 3 is 2.70 bits per heavy atom. The van der Waals surface area contributed by atoms with E-state index in [1.54, 1.807) is 50.6 Å². The van der Waals surface area contributed by atoms with Gasteiger partial charge in [-0.1, -0.05) is 23.7 Å². The van der Waals surface area contributed by atoms with Gasteiger partial charge in [-0.05, 0) is 42.0 Å². The fraction of sp³-hybridized carbons (Fsp3) is 0.105. The lowest BCUT2D eigenvalue weighted by Crippen LogP contribution is -2.17. The fourth-order valence-corrected chi connectivity index (χ4v) is 2.59. The third kappa shape index (κ3) is 4.45. The highest BCUT2D eigenvalue weighted by Crippen LogP contribution is 2.31. The molecule has 1 amide bonds. The Hall–Kier alpha value is -3.32. The first-order valence-electron chi connectivity index (χ1n) is 7.97. The van der Waals surface area contributed by atoms with Crippen LogP contribution in [0.3, 0.4) is 0 Å². The number of benzene rings is 2. The molecule has 0 bridgehead atoms. The van der Waals surface area contributed by atoms with E-state index in [0.29, 0.717) is 22.2 Å². The van der Waals surface area contributed by atoms with Gasteiger partial charge in [0.25, 0.3) is 5.91 Å². The lowest BCUT2D eigenvalue weighted by atomic mass is 10.1. The van der Waals surface area contributed by atoms with Crippen LogP contribution < -0.4 is 14.9 Å². The second kappa shape index (κ2) is 8.37. The first-order chi connectivity index (χ1) is 13.1. The minimum Gasteiger partial charge on any atom is -0.493 e. The van der Waals surface area contributed by atoms with Crippen LogP contribution in [0.25, 0.3) is 11.3 Å². The summed E-state index contributed by atoms with van der Waals surface area (Å²) in [4.78, 5) is 12.2. The molecular formula is C19H17ClN4O3. The number of hydrogen-bond acceptors (Lipinski definition) is 5. The molecule has 7 nitrogen and oxygen atoms in total. The number of H-pyrrole nitrogens is 1.